The lowest BCUT2D eigenvalue weighted by atomic mass is 10.1. The molecule has 2 aromatic rings. The number of benzene rings is 1. The molecule has 0 spiro atoms. The van der Waals surface area contributed by atoms with Crippen LogP contribution >= 0.6 is 11.8 Å². The summed E-state index contributed by atoms with van der Waals surface area (Å²) in [5.41, 5.74) is 1.64. The first kappa shape index (κ1) is 15.4. The molecule has 1 aliphatic heterocycles. The number of esters is 1. The average molecular weight is 330 g/mol. The van der Waals surface area contributed by atoms with Gasteiger partial charge in [0, 0.05) is 22.7 Å². The number of amides is 2. The van der Waals surface area contributed by atoms with E-state index in [-0.39, 0.29) is 17.8 Å². The van der Waals surface area contributed by atoms with Crippen LogP contribution in [0.1, 0.15) is 12.5 Å². The molecule has 118 valence electrons. The van der Waals surface area contributed by atoms with E-state index in [1.54, 1.807) is 23.8 Å². The quantitative estimate of drug-likeness (QED) is 0.688. The lowest BCUT2D eigenvalue weighted by Crippen LogP contribution is -2.17. The summed E-state index contributed by atoms with van der Waals surface area (Å²) in [6.07, 6.45) is 3.44. The average Bonchev–Trinajstić information content (AvgIpc) is 3.01. The number of hydrogen-bond donors (Lipinski definition) is 1. The second-order valence-corrected chi connectivity index (χ2v) is 5.90. The van der Waals surface area contributed by atoms with Crippen molar-refractivity contribution in [1.29, 1.82) is 0 Å². The molecule has 2 heterocycles. The number of nitrogens with one attached hydrogen (secondary N) is 1. The highest BCUT2D eigenvalue weighted by Crippen LogP contribution is 2.29. The number of nitrogens with zero attached hydrogens (tertiary/aromatic N) is 1. The van der Waals surface area contributed by atoms with Crippen molar-refractivity contribution in [3.05, 3.63) is 40.9 Å². The van der Waals surface area contributed by atoms with E-state index in [4.69, 9.17) is 4.74 Å². The SMILES string of the molecule is CCOC(=O)Cn1cc(/C=C2\SC(=O)NC2=O)c2ccccc21. The Balaban J connectivity index is 2.01. The molecule has 0 radical (unpaired) electrons. The topological polar surface area (TPSA) is 77.4 Å². The lowest BCUT2D eigenvalue weighted by molar-refractivity contribution is -0.143. The van der Waals surface area contributed by atoms with Crippen LogP contribution in [0, 0.1) is 0 Å². The van der Waals surface area contributed by atoms with Crippen molar-refractivity contribution in [2.45, 2.75) is 13.5 Å². The van der Waals surface area contributed by atoms with Gasteiger partial charge in [-0.2, -0.15) is 0 Å². The van der Waals surface area contributed by atoms with E-state index < -0.39 is 5.91 Å². The molecule has 1 saturated heterocycles. The molecule has 0 bridgehead atoms. The Hall–Kier alpha value is -2.54. The molecule has 0 saturated carbocycles. The Morgan fingerprint density at radius 2 is 2.13 bits per heavy atom. The van der Waals surface area contributed by atoms with Gasteiger partial charge in [0.25, 0.3) is 11.1 Å². The molecule has 6 nitrogen and oxygen atoms in total. The Bertz CT molecular complexity index is 838. The van der Waals surface area contributed by atoms with Crippen molar-refractivity contribution in [2.75, 3.05) is 6.61 Å². The van der Waals surface area contributed by atoms with Gasteiger partial charge < -0.3 is 9.30 Å². The predicted molar refractivity (Wildman–Crippen MR) is 87.7 cm³/mol. The zero-order valence-corrected chi connectivity index (χ0v) is 13.2. The fourth-order valence-corrected chi connectivity index (χ4v) is 3.10. The summed E-state index contributed by atoms with van der Waals surface area (Å²) in [5, 5.41) is 2.75. The smallest absolute Gasteiger partial charge is 0.325 e. The zero-order valence-electron chi connectivity index (χ0n) is 12.4. The van der Waals surface area contributed by atoms with Crippen LogP contribution in [0.25, 0.3) is 17.0 Å². The molecular weight excluding hydrogens is 316 g/mol. The normalized spacial score (nSPS) is 16.1. The number of carbonyl (C=O) groups is 3. The van der Waals surface area contributed by atoms with Gasteiger partial charge in [0.1, 0.15) is 6.54 Å². The number of rotatable bonds is 4. The summed E-state index contributed by atoms with van der Waals surface area (Å²) in [4.78, 5) is 35.0. The van der Waals surface area contributed by atoms with E-state index in [2.05, 4.69) is 5.32 Å². The number of ether oxygens (including phenoxy) is 1. The molecule has 2 amide bonds. The first-order valence-electron chi connectivity index (χ1n) is 7.07. The fourth-order valence-electron chi connectivity index (χ4n) is 2.43. The summed E-state index contributed by atoms with van der Waals surface area (Å²) in [6.45, 7) is 2.18. The molecule has 1 aromatic carbocycles. The molecule has 3 rings (SSSR count). The molecular formula is C16H14N2O4S. The van der Waals surface area contributed by atoms with E-state index in [9.17, 15) is 14.4 Å². The largest absolute Gasteiger partial charge is 0.465 e. The summed E-state index contributed by atoms with van der Waals surface area (Å²) in [7, 11) is 0. The minimum Gasteiger partial charge on any atom is -0.465 e. The molecule has 7 heteroatoms. The Morgan fingerprint density at radius 1 is 1.35 bits per heavy atom. The molecule has 23 heavy (non-hydrogen) atoms. The lowest BCUT2D eigenvalue weighted by Gasteiger charge is -2.04. The first-order chi connectivity index (χ1) is 11.1. The molecule has 0 atom stereocenters. The second-order valence-electron chi connectivity index (χ2n) is 4.89. The summed E-state index contributed by atoms with van der Waals surface area (Å²) in [5.74, 6) is -0.724. The molecule has 1 N–H and O–H groups in total. The van der Waals surface area contributed by atoms with Crippen molar-refractivity contribution in [3.8, 4) is 0 Å². The Kier molecular flexibility index (Phi) is 4.20. The second kappa shape index (κ2) is 6.29. The van der Waals surface area contributed by atoms with Crippen LogP contribution in [-0.2, 0) is 20.9 Å². The minimum atomic E-state index is -0.401. The molecule has 1 aromatic heterocycles. The van der Waals surface area contributed by atoms with Gasteiger partial charge in [-0.25, -0.2) is 0 Å². The maximum absolute atomic E-state index is 11.7. The third-order valence-corrected chi connectivity index (χ3v) is 4.16. The number of fused-ring (bicyclic) bond motifs is 1. The highest BCUT2D eigenvalue weighted by Gasteiger charge is 2.25. The van der Waals surface area contributed by atoms with Gasteiger partial charge in [-0.05, 0) is 30.8 Å². The fraction of sp³-hybridized carbons (Fsp3) is 0.188. The number of hydrogen-bond acceptors (Lipinski definition) is 5. The maximum atomic E-state index is 11.7. The number of imide groups is 1. The van der Waals surface area contributed by atoms with Crippen molar-refractivity contribution in [3.63, 3.8) is 0 Å². The zero-order chi connectivity index (χ0) is 16.4. The third-order valence-electron chi connectivity index (χ3n) is 3.35. The van der Waals surface area contributed by atoms with Crippen molar-refractivity contribution < 1.29 is 19.1 Å². The van der Waals surface area contributed by atoms with Gasteiger partial charge in [-0.15, -0.1) is 0 Å². The van der Waals surface area contributed by atoms with Crippen LogP contribution < -0.4 is 5.32 Å². The van der Waals surface area contributed by atoms with Gasteiger partial charge in [-0.3, -0.25) is 19.7 Å². The summed E-state index contributed by atoms with van der Waals surface area (Å²) in [6, 6.07) is 7.56. The highest BCUT2D eigenvalue weighted by atomic mass is 32.2. The number of thioether (sulfide) groups is 1. The Morgan fingerprint density at radius 3 is 2.83 bits per heavy atom. The van der Waals surface area contributed by atoms with Crippen molar-refractivity contribution >= 4 is 45.9 Å². The standard InChI is InChI=1S/C16H14N2O4S/c1-2-22-14(19)9-18-8-10(11-5-3-4-6-12(11)18)7-13-15(20)17-16(21)23-13/h3-8H,2,9H2,1H3,(H,17,20,21)/b13-7-. The van der Waals surface area contributed by atoms with E-state index >= 15 is 0 Å². The summed E-state index contributed by atoms with van der Waals surface area (Å²) < 4.78 is 6.76. The van der Waals surface area contributed by atoms with E-state index in [1.807, 2.05) is 24.3 Å². The van der Waals surface area contributed by atoms with Crippen molar-refractivity contribution in [2.24, 2.45) is 0 Å². The van der Waals surface area contributed by atoms with Crippen LogP contribution in [0.3, 0.4) is 0 Å². The van der Waals surface area contributed by atoms with Crippen LogP contribution in [0.4, 0.5) is 4.79 Å². The summed E-state index contributed by atoms with van der Waals surface area (Å²) >= 11 is 0.869. The monoisotopic (exact) mass is 330 g/mol. The maximum Gasteiger partial charge on any atom is 0.325 e. The predicted octanol–water partition coefficient (Wildman–Crippen LogP) is 2.53. The molecule has 1 fully saturated rings. The third kappa shape index (κ3) is 3.14. The van der Waals surface area contributed by atoms with E-state index in [0.717, 1.165) is 28.2 Å². The van der Waals surface area contributed by atoms with Crippen molar-refractivity contribution in [1.82, 2.24) is 9.88 Å². The molecule has 0 aliphatic carbocycles. The van der Waals surface area contributed by atoms with Gasteiger partial charge in [0.2, 0.25) is 0 Å². The van der Waals surface area contributed by atoms with Gasteiger partial charge in [-0.1, -0.05) is 18.2 Å². The van der Waals surface area contributed by atoms with Crippen LogP contribution in [-0.4, -0.2) is 28.3 Å². The van der Waals surface area contributed by atoms with Crippen LogP contribution in [0.15, 0.2) is 35.4 Å². The van der Waals surface area contributed by atoms with E-state index in [0.29, 0.717) is 11.5 Å². The van der Waals surface area contributed by atoms with Gasteiger partial charge in [0.15, 0.2) is 0 Å². The van der Waals surface area contributed by atoms with Crippen LogP contribution in [0.5, 0.6) is 0 Å². The first-order valence-corrected chi connectivity index (χ1v) is 7.88. The number of carbonyl (C=O) groups excluding carboxylic acids is 3. The van der Waals surface area contributed by atoms with E-state index in [1.165, 1.54) is 0 Å². The molecule has 1 aliphatic rings. The highest BCUT2D eigenvalue weighted by molar-refractivity contribution is 8.18. The van der Waals surface area contributed by atoms with Crippen LogP contribution in [0.2, 0.25) is 0 Å². The minimum absolute atomic E-state index is 0.0931. The Labute approximate surface area is 136 Å². The molecule has 0 unspecified atom stereocenters. The van der Waals surface area contributed by atoms with Gasteiger partial charge in [0.05, 0.1) is 11.5 Å². The van der Waals surface area contributed by atoms with Gasteiger partial charge >= 0.3 is 5.97 Å². The number of aromatic nitrogens is 1. The number of para-hydroxylation sites is 1.